The number of nitrogens with one attached hydrogen (secondary N) is 1. The molecule has 3 rings (SSSR count). The van der Waals surface area contributed by atoms with Crippen molar-refractivity contribution in [3.63, 3.8) is 0 Å². The number of amides is 1. The average Bonchev–Trinajstić information content (AvgIpc) is 0.782. The maximum atomic E-state index is 13.5. The van der Waals surface area contributed by atoms with E-state index in [-0.39, 0.29) is 18.9 Å². The molecule has 0 aromatic heterocycles. The standard InChI is InChI=1S/C81H155NO18/c1-3-5-7-9-11-13-15-17-19-21-23-25-27-29-31-33-34-36-38-40-42-44-46-48-50-52-54-56-58-65(86)64(82-69(87)59-57-55-53-51-49-47-45-43-41-39-37-35-32-30-28-26-24-22-20-18-16-14-12-10-8-6-4-2)63-95-79-75(93)72(90)77(67(61-84)97-79)100-81-76(94)73(91)78(68(62-85)98-81)99-80-74(92)71(89)70(88)66(60-83)96-80/h56,58,64-68,70-81,83-86,88-94H,3-55,57,59-63H2,1-2H3,(H,82,87)/b58-56+. The van der Waals surface area contributed by atoms with Gasteiger partial charge in [0.25, 0.3) is 0 Å². The summed E-state index contributed by atoms with van der Waals surface area (Å²) >= 11 is 0. The third-order valence-corrected chi connectivity index (χ3v) is 21.3. The normalized spacial score (nSPS) is 26.4. The smallest absolute Gasteiger partial charge is 0.220 e. The van der Waals surface area contributed by atoms with Gasteiger partial charge in [0.1, 0.15) is 73.2 Å². The van der Waals surface area contributed by atoms with E-state index in [2.05, 4.69) is 19.2 Å². The van der Waals surface area contributed by atoms with E-state index in [9.17, 15) is 61.0 Å². The molecule has 3 fully saturated rings. The molecule has 12 N–H and O–H groups in total. The summed E-state index contributed by atoms with van der Waals surface area (Å²) in [5.74, 6) is -0.266. The molecule has 17 unspecified atom stereocenters. The molecule has 3 heterocycles. The van der Waals surface area contributed by atoms with E-state index in [4.69, 9.17) is 28.4 Å². The van der Waals surface area contributed by atoms with Gasteiger partial charge in [-0.25, -0.2) is 0 Å². The Balaban J connectivity index is 1.36. The van der Waals surface area contributed by atoms with Crippen LogP contribution in [0.25, 0.3) is 0 Å². The van der Waals surface area contributed by atoms with Crippen molar-refractivity contribution in [2.45, 2.75) is 471 Å². The summed E-state index contributed by atoms with van der Waals surface area (Å²) in [5, 5.41) is 121. The highest BCUT2D eigenvalue weighted by molar-refractivity contribution is 5.76. The fraction of sp³-hybridized carbons (Fsp3) is 0.963. The van der Waals surface area contributed by atoms with Crippen LogP contribution in [0.4, 0.5) is 0 Å². The van der Waals surface area contributed by atoms with E-state index < -0.39 is 124 Å². The van der Waals surface area contributed by atoms with E-state index >= 15 is 0 Å². The Hall–Kier alpha value is -1.47. The summed E-state index contributed by atoms with van der Waals surface area (Å²) in [4.78, 5) is 13.5. The predicted molar refractivity (Wildman–Crippen MR) is 397 cm³/mol. The lowest BCUT2D eigenvalue weighted by Gasteiger charge is -2.48. The summed E-state index contributed by atoms with van der Waals surface area (Å²) in [6.45, 7) is 1.81. The topological polar surface area (TPSA) is 307 Å². The number of aliphatic hydroxyl groups is 11. The van der Waals surface area contributed by atoms with Gasteiger partial charge in [0.15, 0.2) is 18.9 Å². The van der Waals surface area contributed by atoms with Gasteiger partial charge in [-0.05, 0) is 19.3 Å². The summed E-state index contributed by atoms with van der Waals surface area (Å²) in [6, 6.07) is -0.970. The van der Waals surface area contributed by atoms with Crippen LogP contribution in [0.5, 0.6) is 0 Å². The van der Waals surface area contributed by atoms with E-state index in [0.29, 0.717) is 6.42 Å². The first-order chi connectivity index (χ1) is 48.8. The van der Waals surface area contributed by atoms with Gasteiger partial charge in [0.2, 0.25) is 5.91 Å². The van der Waals surface area contributed by atoms with Gasteiger partial charge in [-0.3, -0.25) is 4.79 Å². The minimum absolute atomic E-state index is 0.250. The van der Waals surface area contributed by atoms with E-state index in [1.165, 1.54) is 295 Å². The molecule has 3 aliphatic heterocycles. The first-order valence-corrected chi connectivity index (χ1v) is 41.9. The van der Waals surface area contributed by atoms with Gasteiger partial charge in [-0.2, -0.15) is 0 Å². The molecular formula is C81H155NO18. The zero-order valence-electron chi connectivity index (χ0n) is 63.5. The third kappa shape index (κ3) is 42.2. The Labute approximate surface area is 607 Å². The van der Waals surface area contributed by atoms with Crippen LogP contribution in [-0.2, 0) is 33.2 Å². The number of carbonyl (C=O) groups excluding carboxylic acids is 1. The molecule has 100 heavy (non-hydrogen) atoms. The molecule has 0 bridgehead atoms. The van der Waals surface area contributed by atoms with Crippen molar-refractivity contribution in [2.24, 2.45) is 0 Å². The first kappa shape index (κ1) is 92.7. The molecule has 0 aliphatic carbocycles. The number of unbranched alkanes of at least 4 members (excludes halogenated alkanes) is 52. The molecule has 19 nitrogen and oxygen atoms in total. The zero-order chi connectivity index (χ0) is 72.5. The Morgan fingerprint density at radius 3 is 0.940 bits per heavy atom. The third-order valence-electron chi connectivity index (χ3n) is 21.3. The minimum atomic E-state index is -1.98. The Bertz CT molecular complexity index is 1850. The average molecular weight is 1430 g/mol. The molecule has 1 amide bonds. The molecule has 0 aromatic carbocycles. The SMILES string of the molecule is CCCCCCCCCCCCCCCCCCCCCCCCCCCC/C=C/C(O)C(COC1OC(CO)C(OC2OC(CO)C(OC3OC(CO)C(O)C(O)C3O)C(O)C2O)C(O)C1O)NC(=O)CCCCCCCCCCCCCCCCCCCCCCCCCCCCC. The molecule has 3 aliphatic rings. The van der Waals surface area contributed by atoms with Gasteiger partial charge >= 0.3 is 0 Å². The van der Waals surface area contributed by atoms with Crippen molar-refractivity contribution in [1.29, 1.82) is 0 Å². The number of aliphatic hydroxyl groups excluding tert-OH is 11. The van der Waals surface area contributed by atoms with Crippen molar-refractivity contribution < 1.29 is 89.4 Å². The van der Waals surface area contributed by atoms with Gasteiger partial charge in [-0.1, -0.05) is 353 Å². The number of hydrogen-bond acceptors (Lipinski definition) is 18. The molecule has 3 saturated heterocycles. The highest BCUT2D eigenvalue weighted by atomic mass is 16.8. The quantitative estimate of drug-likeness (QED) is 0.0199. The molecule has 17 atom stereocenters. The summed E-state index contributed by atoms with van der Waals surface area (Å²) < 4.78 is 34.5. The van der Waals surface area contributed by atoms with E-state index in [1.54, 1.807) is 6.08 Å². The van der Waals surface area contributed by atoms with Gasteiger partial charge in [0, 0.05) is 6.42 Å². The molecule has 0 radical (unpaired) electrons. The van der Waals surface area contributed by atoms with Crippen molar-refractivity contribution in [2.75, 3.05) is 26.4 Å². The second-order valence-corrected chi connectivity index (χ2v) is 30.3. The van der Waals surface area contributed by atoms with Gasteiger partial charge in [0.05, 0.1) is 38.6 Å². The van der Waals surface area contributed by atoms with E-state index in [0.717, 1.165) is 44.9 Å². The number of hydrogen-bond donors (Lipinski definition) is 12. The molecule has 0 saturated carbocycles. The van der Waals surface area contributed by atoms with Gasteiger partial charge < -0.3 is 89.9 Å². The predicted octanol–water partition coefficient (Wildman–Crippen LogP) is 14.3. The van der Waals surface area contributed by atoms with Crippen LogP contribution in [0, 0.1) is 0 Å². The maximum absolute atomic E-state index is 13.5. The number of carbonyl (C=O) groups is 1. The fourth-order valence-electron chi connectivity index (χ4n) is 14.6. The van der Waals surface area contributed by atoms with Crippen molar-refractivity contribution in [1.82, 2.24) is 5.32 Å². The number of ether oxygens (including phenoxy) is 6. The second kappa shape index (κ2) is 62.6. The Morgan fingerprint density at radius 2 is 0.620 bits per heavy atom. The first-order valence-electron chi connectivity index (χ1n) is 41.9. The van der Waals surface area contributed by atoms with Crippen LogP contribution in [0.3, 0.4) is 0 Å². The van der Waals surface area contributed by atoms with Crippen LogP contribution in [-0.4, -0.2) is 193 Å². The fourth-order valence-corrected chi connectivity index (χ4v) is 14.6. The lowest BCUT2D eigenvalue weighted by Crippen LogP contribution is -2.66. The highest BCUT2D eigenvalue weighted by Gasteiger charge is 2.54. The second-order valence-electron chi connectivity index (χ2n) is 30.3. The van der Waals surface area contributed by atoms with Crippen LogP contribution >= 0.6 is 0 Å². The van der Waals surface area contributed by atoms with Crippen molar-refractivity contribution in [3.05, 3.63) is 12.2 Å². The molecule has 0 aromatic rings. The minimum Gasteiger partial charge on any atom is -0.394 e. The molecule has 592 valence electrons. The number of rotatable bonds is 68. The summed E-state index contributed by atoms with van der Waals surface area (Å²) in [6.07, 6.45) is 47.8. The number of allylic oxidation sites excluding steroid dienone is 1. The largest absolute Gasteiger partial charge is 0.394 e. The summed E-state index contributed by atoms with van der Waals surface area (Å²) in [7, 11) is 0. The Kier molecular flexibility index (Phi) is 58.0. The zero-order valence-corrected chi connectivity index (χ0v) is 63.5. The van der Waals surface area contributed by atoms with Crippen molar-refractivity contribution >= 4 is 5.91 Å². The van der Waals surface area contributed by atoms with Gasteiger partial charge in [-0.15, -0.1) is 0 Å². The van der Waals surface area contributed by atoms with Crippen LogP contribution < -0.4 is 5.32 Å². The van der Waals surface area contributed by atoms with Crippen LogP contribution in [0.15, 0.2) is 12.2 Å². The monoisotopic (exact) mass is 1430 g/mol. The molecule has 19 heteroatoms. The van der Waals surface area contributed by atoms with Crippen LogP contribution in [0.1, 0.15) is 367 Å². The van der Waals surface area contributed by atoms with E-state index in [1.807, 2.05) is 6.08 Å². The van der Waals surface area contributed by atoms with Crippen molar-refractivity contribution in [3.8, 4) is 0 Å². The lowest BCUT2D eigenvalue weighted by atomic mass is 9.96. The maximum Gasteiger partial charge on any atom is 0.220 e. The molecular weight excluding hydrogens is 1270 g/mol. The highest BCUT2D eigenvalue weighted by Crippen LogP contribution is 2.33. The Morgan fingerprint density at radius 1 is 0.350 bits per heavy atom. The molecule has 0 spiro atoms. The van der Waals surface area contributed by atoms with Crippen LogP contribution in [0.2, 0.25) is 0 Å². The summed E-state index contributed by atoms with van der Waals surface area (Å²) in [5.41, 5.74) is 0. The lowest BCUT2D eigenvalue weighted by molar-refractivity contribution is -0.379.